The minimum Gasteiger partial charge on any atom is -0.419 e. The normalized spacial score (nSPS) is 20.8. The van der Waals surface area contributed by atoms with Crippen LogP contribution in [0.5, 0.6) is 0 Å². The highest BCUT2D eigenvalue weighted by Gasteiger charge is 2.47. The zero-order chi connectivity index (χ0) is 14.2. The Hall–Kier alpha value is -2.17. The van der Waals surface area contributed by atoms with Gasteiger partial charge in [-0.05, 0) is 36.6 Å². The van der Waals surface area contributed by atoms with Crippen LogP contribution in [-0.2, 0) is 19.1 Å². The molecule has 0 bridgehead atoms. The van der Waals surface area contributed by atoms with Crippen LogP contribution in [0.25, 0.3) is 6.08 Å². The molecule has 1 aromatic rings. The molecule has 104 valence electrons. The summed E-state index contributed by atoms with van der Waals surface area (Å²) in [6, 6.07) is 5.46. The Labute approximate surface area is 115 Å². The van der Waals surface area contributed by atoms with Gasteiger partial charge >= 0.3 is 11.9 Å². The zero-order valence-corrected chi connectivity index (χ0v) is 10.7. The number of carbonyl (C=O) groups excluding carboxylic acids is 2. The summed E-state index contributed by atoms with van der Waals surface area (Å²) in [7, 11) is 0. The van der Waals surface area contributed by atoms with Gasteiger partial charge in [0.05, 0.1) is 0 Å². The molecular formula is C15H13FO4. The number of halogens is 1. The molecule has 0 unspecified atom stereocenters. The van der Waals surface area contributed by atoms with Crippen molar-refractivity contribution in [1.82, 2.24) is 0 Å². The lowest BCUT2D eigenvalue weighted by Gasteiger charge is -2.32. The van der Waals surface area contributed by atoms with Gasteiger partial charge in [0.2, 0.25) is 0 Å². The molecule has 1 aliphatic carbocycles. The van der Waals surface area contributed by atoms with E-state index in [0.717, 1.165) is 12.8 Å². The molecule has 1 aliphatic heterocycles. The topological polar surface area (TPSA) is 52.6 Å². The Balaban J connectivity index is 1.86. The molecule has 20 heavy (non-hydrogen) atoms. The fraction of sp³-hybridized carbons (Fsp3) is 0.333. The molecule has 1 spiro atoms. The molecule has 4 nitrogen and oxygen atoms in total. The molecule has 1 saturated carbocycles. The fourth-order valence-corrected chi connectivity index (χ4v) is 2.51. The van der Waals surface area contributed by atoms with Gasteiger partial charge in [-0.1, -0.05) is 12.1 Å². The van der Waals surface area contributed by atoms with Gasteiger partial charge < -0.3 is 9.47 Å². The number of carbonyl (C=O) groups is 2. The summed E-state index contributed by atoms with van der Waals surface area (Å²) in [5.41, 5.74) is 0.381. The highest BCUT2D eigenvalue weighted by atomic mass is 19.1. The van der Waals surface area contributed by atoms with E-state index in [0.29, 0.717) is 18.4 Å². The molecule has 0 amide bonds. The van der Waals surface area contributed by atoms with Gasteiger partial charge in [0.1, 0.15) is 11.4 Å². The number of rotatable bonds is 1. The first-order chi connectivity index (χ1) is 9.58. The van der Waals surface area contributed by atoms with Gasteiger partial charge in [0, 0.05) is 12.8 Å². The molecule has 1 saturated heterocycles. The lowest BCUT2D eigenvalue weighted by atomic mass is 10.1. The van der Waals surface area contributed by atoms with Crippen molar-refractivity contribution in [2.45, 2.75) is 31.5 Å². The number of hydrogen-bond acceptors (Lipinski definition) is 4. The quantitative estimate of drug-likeness (QED) is 0.449. The van der Waals surface area contributed by atoms with Crippen molar-refractivity contribution in [3.63, 3.8) is 0 Å². The average molecular weight is 276 g/mol. The Morgan fingerprint density at radius 1 is 1.00 bits per heavy atom. The van der Waals surface area contributed by atoms with Crippen LogP contribution >= 0.6 is 0 Å². The average Bonchev–Trinajstić information content (AvgIpc) is 2.84. The molecular weight excluding hydrogens is 263 g/mol. The summed E-state index contributed by atoms with van der Waals surface area (Å²) in [6.07, 6.45) is 4.20. The SMILES string of the molecule is O=C1OC2(CCCC2)OC(=O)C1=Cc1ccc(F)cc1. The standard InChI is InChI=1S/C15H13FO4/c16-11-5-3-10(4-6-11)9-12-13(17)19-15(20-14(12)18)7-1-2-8-15/h3-6,9H,1-2,7-8H2. The predicted octanol–water partition coefficient (Wildman–Crippen LogP) is 2.58. The Kier molecular flexibility index (Phi) is 3.04. The van der Waals surface area contributed by atoms with Crippen molar-refractivity contribution in [2.24, 2.45) is 0 Å². The summed E-state index contributed by atoms with van der Waals surface area (Å²) in [5.74, 6) is -2.79. The molecule has 0 atom stereocenters. The fourth-order valence-electron chi connectivity index (χ4n) is 2.51. The maximum atomic E-state index is 12.8. The maximum absolute atomic E-state index is 12.8. The van der Waals surface area contributed by atoms with Gasteiger partial charge in [0.15, 0.2) is 0 Å². The van der Waals surface area contributed by atoms with Crippen LogP contribution in [0.2, 0.25) is 0 Å². The molecule has 3 rings (SSSR count). The largest absolute Gasteiger partial charge is 0.419 e. The molecule has 0 N–H and O–H groups in total. The van der Waals surface area contributed by atoms with E-state index in [-0.39, 0.29) is 11.4 Å². The number of benzene rings is 1. The second-order valence-electron chi connectivity index (χ2n) is 5.01. The summed E-state index contributed by atoms with van der Waals surface area (Å²) in [4.78, 5) is 23.9. The minimum atomic E-state index is -1.06. The summed E-state index contributed by atoms with van der Waals surface area (Å²) >= 11 is 0. The first kappa shape index (κ1) is 12.8. The Morgan fingerprint density at radius 3 is 2.10 bits per heavy atom. The lowest BCUT2D eigenvalue weighted by Crippen LogP contribution is -2.44. The van der Waals surface area contributed by atoms with Gasteiger partial charge in [0.25, 0.3) is 5.79 Å². The van der Waals surface area contributed by atoms with E-state index in [1.807, 2.05) is 0 Å². The van der Waals surface area contributed by atoms with E-state index in [1.165, 1.54) is 30.3 Å². The highest BCUT2D eigenvalue weighted by molar-refractivity contribution is 6.18. The van der Waals surface area contributed by atoms with Gasteiger partial charge in [-0.2, -0.15) is 0 Å². The number of esters is 2. The second-order valence-corrected chi connectivity index (χ2v) is 5.01. The smallest absolute Gasteiger partial charge is 0.348 e. The van der Waals surface area contributed by atoms with Crippen LogP contribution in [0.3, 0.4) is 0 Å². The zero-order valence-electron chi connectivity index (χ0n) is 10.7. The third-order valence-corrected chi connectivity index (χ3v) is 3.54. The molecule has 5 heteroatoms. The van der Waals surface area contributed by atoms with E-state index in [2.05, 4.69) is 0 Å². The van der Waals surface area contributed by atoms with Crippen molar-refractivity contribution >= 4 is 18.0 Å². The second kappa shape index (κ2) is 4.74. The van der Waals surface area contributed by atoms with Crippen LogP contribution in [0.1, 0.15) is 31.2 Å². The van der Waals surface area contributed by atoms with E-state index >= 15 is 0 Å². The summed E-state index contributed by atoms with van der Waals surface area (Å²) < 4.78 is 23.4. The van der Waals surface area contributed by atoms with Crippen molar-refractivity contribution in [3.05, 3.63) is 41.2 Å². The molecule has 2 fully saturated rings. The third-order valence-electron chi connectivity index (χ3n) is 3.54. The van der Waals surface area contributed by atoms with Gasteiger partial charge in [-0.25, -0.2) is 14.0 Å². The van der Waals surface area contributed by atoms with Crippen LogP contribution in [0.4, 0.5) is 4.39 Å². The van der Waals surface area contributed by atoms with Crippen LogP contribution in [-0.4, -0.2) is 17.7 Å². The highest BCUT2D eigenvalue weighted by Crippen LogP contribution is 2.38. The maximum Gasteiger partial charge on any atom is 0.348 e. The number of ether oxygens (including phenoxy) is 2. The molecule has 1 heterocycles. The Bertz CT molecular complexity index is 560. The predicted molar refractivity (Wildman–Crippen MR) is 67.8 cm³/mol. The van der Waals surface area contributed by atoms with E-state index < -0.39 is 17.7 Å². The lowest BCUT2D eigenvalue weighted by molar-refractivity contribution is -0.232. The summed E-state index contributed by atoms with van der Waals surface area (Å²) in [6.45, 7) is 0. The molecule has 1 aromatic carbocycles. The number of hydrogen-bond donors (Lipinski definition) is 0. The molecule has 2 aliphatic rings. The van der Waals surface area contributed by atoms with Crippen molar-refractivity contribution in [2.75, 3.05) is 0 Å². The van der Waals surface area contributed by atoms with Crippen molar-refractivity contribution in [1.29, 1.82) is 0 Å². The van der Waals surface area contributed by atoms with Crippen LogP contribution in [0, 0.1) is 5.82 Å². The minimum absolute atomic E-state index is 0.158. The van der Waals surface area contributed by atoms with Crippen LogP contribution in [0.15, 0.2) is 29.8 Å². The van der Waals surface area contributed by atoms with Crippen LogP contribution < -0.4 is 0 Å². The van der Waals surface area contributed by atoms with Crippen molar-refractivity contribution < 1.29 is 23.5 Å². The van der Waals surface area contributed by atoms with E-state index in [4.69, 9.17) is 9.47 Å². The Morgan fingerprint density at radius 2 is 1.55 bits per heavy atom. The first-order valence-corrected chi connectivity index (χ1v) is 6.52. The first-order valence-electron chi connectivity index (χ1n) is 6.52. The molecule has 0 aromatic heterocycles. The van der Waals surface area contributed by atoms with Gasteiger partial charge in [-0.3, -0.25) is 0 Å². The van der Waals surface area contributed by atoms with E-state index in [1.54, 1.807) is 0 Å². The van der Waals surface area contributed by atoms with Gasteiger partial charge in [-0.15, -0.1) is 0 Å². The monoisotopic (exact) mass is 276 g/mol. The van der Waals surface area contributed by atoms with Crippen molar-refractivity contribution in [3.8, 4) is 0 Å². The van der Waals surface area contributed by atoms with E-state index in [9.17, 15) is 14.0 Å². The third kappa shape index (κ3) is 2.31. The summed E-state index contributed by atoms with van der Waals surface area (Å²) in [5, 5.41) is 0. The molecule has 0 radical (unpaired) electrons.